The minimum absolute atomic E-state index is 0.155. The molecule has 0 aliphatic carbocycles. The van der Waals surface area contributed by atoms with E-state index >= 15 is 0 Å². The van der Waals surface area contributed by atoms with Gasteiger partial charge in [-0.25, -0.2) is 0 Å². The second-order valence-electron chi connectivity index (χ2n) is 2.84. The Kier molecular flexibility index (Phi) is 3.32. The van der Waals surface area contributed by atoms with Gasteiger partial charge in [-0.1, -0.05) is 6.07 Å². The average molecular weight is 216 g/mol. The lowest BCUT2D eigenvalue weighted by molar-refractivity contribution is 0.484. The van der Waals surface area contributed by atoms with E-state index in [0.29, 0.717) is 5.69 Å². The molecule has 6 heteroatoms. The first-order valence-corrected chi connectivity index (χ1v) is 5.63. The van der Waals surface area contributed by atoms with Crippen LogP contribution in [0.5, 0.6) is 0 Å². The third-order valence-corrected chi connectivity index (χ3v) is 2.30. The standard InChI is InChI=1S/C8H12N2O3S/c9-7-2-1-3-8(6-7)10-4-5-14(11,12)13/h1-3,6,10H,4-5,9H2,(H,11,12,13). The highest BCUT2D eigenvalue weighted by Gasteiger charge is 2.02. The van der Waals surface area contributed by atoms with E-state index < -0.39 is 10.1 Å². The first kappa shape index (κ1) is 10.8. The Labute approximate surface area is 82.7 Å². The lowest BCUT2D eigenvalue weighted by Gasteiger charge is -2.05. The quantitative estimate of drug-likeness (QED) is 0.505. The molecule has 14 heavy (non-hydrogen) atoms. The maximum atomic E-state index is 10.4. The highest BCUT2D eigenvalue weighted by Crippen LogP contribution is 2.10. The van der Waals surface area contributed by atoms with Gasteiger partial charge in [0.1, 0.15) is 0 Å². The van der Waals surface area contributed by atoms with Crippen molar-refractivity contribution in [3.05, 3.63) is 24.3 Å². The topological polar surface area (TPSA) is 92.4 Å². The molecule has 1 aromatic rings. The molecule has 0 aliphatic heterocycles. The van der Waals surface area contributed by atoms with Crippen LogP contribution in [0.25, 0.3) is 0 Å². The van der Waals surface area contributed by atoms with Gasteiger partial charge in [-0.05, 0) is 18.2 Å². The van der Waals surface area contributed by atoms with E-state index in [2.05, 4.69) is 5.32 Å². The molecule has 0 fully saturated rings. The first-order valence-electron chi connectivity index (χ1n) is 4.02. The maximum absolute atomic E-state index is 10.4. The van der Waals surface area contributed by atoms with E-state index in [0.717, 1.165) is 5.69 Å². The van der Waals surface area contributed by atoms with E-state index in [4.69, 9.17) is 10.3 Å². The molecule has 0 unspecified atom stereocenters. The van der Waals surface area contributed by atoms with Crippen molar-refractivity contribution in [2.24, 2.45) is 0 Å². The molecule has 0 spiro atoms. The number of hydrogen-bond acceptors (Lipinski definition) is 4. The SMILES string of the molecule is Nc1cccc(NCCS(=O)(=O)O)c1. The Morgan fingerprint density at radius 3 is 2.71 bits per heavy atom. The summed E-state index contributed by atoms with van der Waals surface area (Å²) in [7, 11) is -3.90. The molecule has 0 atom stereocenters. The fraction of sp³-hybridized carbons (Fsp3) is 0.250. The lowest BCUT2D eigenvalue weighted by atomic mass is 10.3. The molecule has 0 aromatic heterocycles. The molecule has 0 radical (unpaired) electrons. The van der Waals surface area contributed by atoms with Gasteiger partial charge in [0, 0.05) is 17.9 Å². The van der Waals surface area contributed by atoms with Gasteiger partial charge in [-0.15, -0.1) is 0 Å². The molecule has 0 amide bonds. The molecule has 0 bridgehead atoms. The van der Waals surface area contributed by atoms with Gasteiger partial charge in [0.25, 0.3) is 10.1 Å². The third-order valence-electron chi connectivity index (χ3n) is 1.58. The molecule has 1 aromatic carbocycles. The van der Waals surface area contributed by atoms with Crippen molar-refractivity contribution < 1.29 is 13.0 Å². The van der Waals surface area contributed by atoms with Crippen LogP contribution in [0.4, 0.5) is 11.4 Å². The second kappa shape index (κ2) is 4.30. The molecular formula is C8H12N2O3S. The molecule has 1 rings (SSSR count). The van der Waals surface area contributed by atoms with E-state index in [1.807, 2.05) is 0 Å². The zero-order chi connectivity index (χ0) is 10.6. The van der Waals surface area contributed by atoms with Crippen LogP contribution in [0.3, 0.4) is 0 Å². The molecule has 0 saturated heterocycles. The molecule has 78 valence electrons. The van der Waals surface area contributed by atoms with Crippen LogP contribution in [0.1, 0.15) is 0 Å². The van der Waals surface area contributed by atoms with Crippen LogP contribution in [-0.2, 0) is 10.1 Å². The van der Waals surface area contributed by atoms with E-state index in [9.17, 15) is 8.42 Å². The third kappa shape index (κ3) is 4.11. The van der Waals surface area contributed by atoms with Crippen LogP contribution in [0.2, 0.25) is 0 Å². The van der Waals surface area contributed by atoms with Crippen LogP contribution in [0, 0.1) is 0 Å². The number of rotatable bonds is 4. The minimum atomic E-state index is -3.90. The van der Waals surface area contributed by atoms with Crippen LogP contribution in [0.15, 0.2) is 24.3 Å². The van der Waals surface area contributed by atoms with Crippen molar-refractivity contribution >= 4 is 21.5 Å². The first-order chi connectivity index (χ1) is 6.47. The van der Waals surface area contributed by atoms with Crippen molar-refractivity contribution in [1.82, 2.24) is 0 Å². The highest BCUT2D eigenvalue weighted by molar-refractivity contribution is 7.85. The molecular weight excluding hydrogens is 204 g/mol. The fourth-order valence-electron chi connectivity index (χ4n) is 0.973. The summed E-state index contributed by atoms with van der Waals surface area (Å²) in [5, 5.41) is 2.82. The summed E-state index contributed by atoms with van der Waals surface area (Å²) in [5.41, 5.74) is 6.84. The van der Waals surface area contributed by atoms with Gasteiger partial charge in [0.2, 0.25) is 0 Å². The Hall–Kier alpha value is -1.27. The summed E-state index contributed by atoms with van der Waals surface area (Å²) in [6, 6.07) is 6.93. The Bertz CT molecular complexity index is 403. The van der Waals surface area contributed by atoms with Crippen molar-refractivity contribution in [2.75, 3.05) is 23.3 Å². The van der Waals surface area contributed by atoms with Gasteiger partial charge >= 0.3 is 0 Å². The molecule has 0 aliphatic rings. The normalized spacial score (nSPS) is 11.2. The fourth-order valence-corrected chi connectivity index (χ4v) is 1.33. The monoisotopic (exact) mass is 216 g/mol. The Morgan fingerprint density at radius 1 is 1.43 bits per heavy atom. The van der Waals surface area contributed by atoms with E-state index in [1.165, 1.54) is 0 Å². The summed E-state index contributed by atoms with van der Waals surface area (Å²) in [4.78, 5) is 0. The Balaban J connectivity index is 2.47. The number of benzene rings is 1. The minimum Gasteiger partial charge on any atom is -0.399 e. The number of anilines is 2. The summed E-state index contributed by atoms with van der Waals surface area (Å²) >= 11 is 0. The smallest absolute Gasteiger partial charge is 0.266 e. The molecule has 0 saturated carbocycles. The maximum Gasteiger partial charge on any atom is 0.266 e. The van der Waals surface area contributed by atoms with Gasteiger partial charge in [0.05, 0.1) is 5.75 Å². The summed E-state index contributed by atoms with van der Waals surface area (Å²) < 4.78 is 29.2. The van der Waals surface area contributed by atoms with Crippen molar-refractivity contribution in [2.45, 2.75) is 0 Å². The number of nitrogens with two attached hydrogens (primary N) is 1. The highest BCUT2D eigenvalue weighted by atomic mass is 32.2. The van der Waals surface area contributed by atoms with Crippen molar-refractivity contribution in [3.63, 3.8) is 0 Å². The largest absolute Gasteiger partial charge is 0.399 e. The summed E-state index contributed by atoms with van der Waals surface area (Å²) in [6.07, 6.45) is 0. The van der Waals surface area contributed by atoms with Crippen molar-refractivity contribution in [3.8, 4) is 0 Å². The number of nitrogens with one attached hydrogen (secondary N) is 1. The van der Waals surface area contributed by atoms with Gasteiger partial charge < -0.3 is 11.1 Å². The van der Waals surface area contributed by atoms with E-state index in [1.54, 1.807) is 24.3 Å². The average Bonchev–Trinajstić information content (AvgIpc) is 2.01. The van der Waals surface area contributed by atoms with Crippen molar-refractivity contribution in [1.29, 1.82) is 0 Å². The Morgan fingerprint density at radius 2 is 2.14 bits per heavy atom. The zero-order valence-corrected chi connectivity index (χ0v) is 8.29. The van der Waals surface area contributed by atoms with Crippen LogP contribution in [-0.4, -0.2) is 25.3 Å². The number of nitrogen functional groups attached to an aromatic ring is 1. The molecule has 5 nitrogen and oxygen atoms in total. The van der Waals surface area contributed by atoms with Crippen LogP contribution < -0.4 is 11.1 Å². The lowest BCUT2D eigenvalue weighted by Crippen LogP contribution is -2.14. The predicted molar refractivity (Wildman–Crippen MR) is 55.8 cm³/mol. The van der Waals surface area contributed by atoms with Gasteiger partial charge in [-0.2, -0.15) is 8.42 Å². The molecule has 0 heterocycles. The van der Waals surface area contributed by atoms with Crippen LogP contribution >= 0.6 is 0 Å². The molecule has 4 N–H and O–H groups in total. The summed E-state index contributed by atoms with van der Waals surface area (Å²) in [5.74, 6) is -0.318. The van der Waals surface area contributed by atoms with Gasteiger partial charge in [0.15, 0.2) is 0 Å². The second-order valence-corrected chi connectivity index (χ2v) is 4.41. The summed E-state index contributed by atoms with van der Waals surface area (Å²) in [6.45, 7) is 0.155. The predicted octanol–water partition coefficient (Wildman–Crippen LogP) is 0.569. The van der Waals surface area contributed by atoms with Gasteiger partial charge in [-0.3, -0.25) is 4.55 Å². The zero-order valence-electron chi connectivity index (χ0n) is 7.47. The number of hydrogen-bond donors (Lipinski definition) is 3. The van der Waals surface area contributed by atoms with E-state index in [-0.39, 0.29) is 12.3 Å².